The molecular formula is C15H27N3O. The molecule has 2 heterocycles. The largest absolute Gasteiger partial charge is 0.375 e. The van der Waals surface area contributed by atoms with Gasteiger partial charge in [-0.05, 0) is 32.6 Å². The number of aromatic nitrogens is 2. The van der Waals surface area contributed by atoms with Crippen molar-refractivity contribution in [2.24, 2.45) is 0 Å². The van der Waals surface area contributed by atoms with Crippen LogP contribution in [-0.2, 0) is 17.8 Å². The van der Waals surface area contributed by atoms with Gasteiger partial charge >= 0.3 is 0 Å². The van der Waals surface area contributed by atoms with Gasteiger partial charge in [0.15, 0.2) is 0 Å². The summed E-state index contributed by atoms with van der Waals surface area (Å²) in [6.45, 7) is 9.39. The highest BCUT2D eigenvalue weighted by atomic mass is 16.5. The summed E-state index contributed by atoms with van der Waals surface area (Å²) < 4.78 is 8.21. The molecule has 1 saturated heterocycles. The van der Waals surface area contributed by atoms with Crippen LogP contribution in [0.1, 0.15) is 52.1 Å². The number of hydrogen-bond donors (Lipinski definition) is 1. The van der Waals surface area contributed by atoms with Gasteiger partial charge in [-0.15, -0.1) is 0 Å². The zero-order valence-electron chi connectivity index (χ0n) is 12.5. The van der Waals surface area contributed by atoms with Crippen molar-refractivity contribution >= 4 is 0 Å². The van der Waals surface area contributed by atoms with Gasteiger partial charge in [0.25, 0.3) is 0 Å². The fourth-order valence-electron chi connectivity index (χ4n) is 2.97. The molecular weight excluding hydrogens is 238 g/mol. The van der Waals surface area contributed by atoms with Crippen LogP contribution in [0.4, 0.5) is 0 Å². The summed E-state index contributed by atoms with van der Waals surface area (Å²) in [6, 6.07) is 0.564. The van der Waals surface area contributed by atoms with Gasteiger partial charge in [0.1, 0.15) is 0 Å². The first-order chi connectivity index (χ1) is 9.23. The Morgan fingerprint density at radius 3 is 2.89 bits per heavy atom. The van der Waals surface area contributed by atoms with E-state index in [0.29, 0.717) is 6.04 Å². The average Bonchev–Trinajstić information content (AvgIpc) is 2.92. The van der Waals surface area contributed by atoms with Crippen molar-refractivity contribution in [1.29, 1.82) is 0 Å². The summed E-state index contributed by atoms with van der Waals surface area (Å²) in [7, 11) is 0. The van der Waals surface area contributed by atoms with E-state index in [4.69, 9.17) is 4.74 Å². The lowest BCUT2D eigenvalue weighted by atomic mass is 9.86. The lowest BCUT2D eigenvalue weighted by molar-refractivity contribution is -0.0932. The van der Waals surface area contributed by atoms with Crippen LogP contribution in [0.15, 0.2) is 12.5 Å². The van der Waals surface area contributed by atoms with E-state index < -0.39 is 0 Å². The van der Waals surface area contributed by atoms with E-state index in [1.54, 1.807) is 0 Å². The van der Waals surface area contributed by atoms with Crippen molar-refractivity contribution in [3.05, 3.63) is 18.2 Å². The van der Waals surface area contributed by atoms with Gasteiger partial charge in [0, 0.05) is 31.9 Å². The van der Waals surface area contributed by atoms with E-state index in [1.165, 1.54) is 5.69 Å². The Labute approximate surface area is 116 Å². The molecule has 1 aromatic rings. The smallest absolute Gasteiger partial charge is 0.0948 e. The van der Waals surface area contributed by atoms with Crippen molar-refractivity contribution in [2.75, 3.05) is 6.61 Å². The van der Waals surface area contributed by atoms with Crippen LogP contribution in [0.3, 0.4) is 0 Å². The van der Waals surface area contributed by atoms with Gasteiger partial charge in [0.2, 0.25) is 0 Å². The number of nitrogens with zero attached hydrogens (tertiary/aromatic N) is 2. The number of rotatable bonds is 6. The molecule has 4 heteroatoms. The highest BCUT2D eigenvalue weighted by molar-refractivity contribution is 4.99. The van der Waals surface area contributed by atoms with Crippen molar-refractivity contribution in [1.82, 2.24) is 14.9 Å². The van der Waals surface area contributed by atoms with Crippen LogP contribution in [0.5, 0.6) is 0 Å². The maximum absolute atomic E-state index is 6.02. The summed E-state index contributed by atoms with van der Waals surface area (Å²) in [5.41, 5.74) is 1.37. The fraction of sp³-hybridized carbons (Fsp3) is 0.800. The zero-order valence-corrected chi connectivity index (χ0v) is 12.5. The molecule has 0 spiro atoms. The SMILES string of the molecule is CCn1cncc1CNC1CCOC(CC)(CC)C1. The van der Waals surface area contributed by atoms with Crippen molar-refractivity contribution < 1.29 is 4.74 Å². The lowest BCUT2D eigenvalue weighted by Crippen LogP contribution is -2.46. The quantitative estimate of drug-likeness (QED) is 0.859. The first-order valence-electron chi connectivity index (χ1n) is 7.59. The van der Waals surface area contributed by atoms with Crippen LogP contribution < -0.4 is 5.32 Å². The molecule has 1 N–H and O–H groups in total. The van der Waals surface area contributed by atoms with Gasteiger partial charge in [-0.3, -0.25) is 0 Å². The standard InChI is InChI=1S/C15H27N3O/c1-4-15(5-2)9-13(7-8-19-15)17-11-14-10-16-12-18(14)6-3/h10,12-13,17H,4-9,11H2,1-3H3. The normalized spacial score (nSPS) is 22.6. The molecule has 1 fully saturated rings. The third-order valence-electron chi connectivity index (χ3n) is 4.49. The molecule has 0 saturated carbocycles. The second-order valence-electron chi connectivity index (χ2n) is 5.48. The molecule has 1 aromatic heterocycles. The molecule has 108 valence electrons. The third-order valence-corrected chi connectivity index (χ3v) is 4.49. The van der Waals surface area contributed by atoms with E-state index in [0.717, 1.165) is 45.4 Å². The molecule has 0 radical (unpaired) electrons. The molecule has 4 nitrogen and oxygen atoms in total. The maximum atomic E-state index is 6.02. The highest BCUT2D eigenvalue weighted by Crippen LogP contribution is 2.31. The number of nitrogens with one attached hydrogen (secondary N) is 1. The van der Waals surface area contributed by atoms with Crippen molar-refractivity contribution in [3.8, 4) is 0 Å². The Morgan fingerprint density at radius 1 is 1.42 bits per heavy atom. The van der Waals surface area contributed by atoms with Crippen LogP contribution in [0.25, 0.3) is 0 Å². The van der Waals surface area contributed by atoms with E-state index in [-0.39, 0.29) is 5.60 Å². The molecule has 0 aliphatic carbocycles. The third kappa shape index (κ3) is 3.37. The van der Waals surface area contributed by atoms with E-state index in [9.17, 15) is 0 Å². The van der Waals surface area contributed by atoms with Crippen molar-refractivity contribution in [3.63, 3.8) is 0 Å². The summed E-state index contributed by atoms with van der Waals surface area (Å²) >= 11 is 0. The summed E-state index contributed by atoms with van der Waals surface area (Å²) in [4.78, 5) is 4.22. The number of hydrogen-bond acceptors (Lipinski definition) is 3. The monoisotopic (exact) mass is 265 g/mol. The van der Waals surface area contributed by atoms with Crippen molar-refractivity contribution in [2.45, 2.75) is 71.2 Å². The van der Waals surface area contributed by atoms with Gasteiger partial charge in [0.05, 0.1) is 17.6 Å². The van der Waals surface area contributed by atoms with Crippen LogP contribution in [0, 0.1) is 0 Å². The Bertz CT molecular complexity index is 384. The zero-order chi connectivity index (χ0) is 13.7. The van der Waals surface area contributed by atoms with Gasteiger partial charge in [-0.2, -0.15) is 0 Å². The van der Waals surface area contributed by atoms with E-state index in [1.807, 2.05) is 12.5 Å². The molecule has 1 aliphatic rings. The minimum Gasteiger partial charge on any atom is -0.375 e. The second kappa shape index (κ2) is 6.53. The molecule has 2 rings (SSSR count). The highest BCUT2D eigenvalue weighted by Gasteiger charge is 2.34. The number of imidazole rings is 1. The van der Waals surface area contributed by atoms with E-state index in [2.05, 4.69) is 35.6 Å². The Morgan fingerprint density at radius 2 is 2.21 bits per heavy atom. The summed E-state index contributed by atoms with van der Waals surface area (Å²) in [6.07, 6.45) is 8.32. The molecule has 1 atom stereocenters. The van der Waals surface area contributed by atoms with Gasteiger partial charge in [-0.25, -0.2) is 4.98 Å². The molecule has 19 heavy (non-hydrogen) atoms. The topological polar surface area (TPSA) is 39.1 Å². The first-order valence-corrected chi connectivity index (χ1v) is 7.59. The summed E-state index contributed by atoms with van der Waals surface area (Å²) in [5.74, 6) is 0. The second-order valence-corrected chi connectivity index (χ2v) is 5.48. The molecule has 0 amide bonds. The average molecular weight is 265 g/mol. The number of aryl methyl sites for hydroxylation is 1. The molecule has 0 aromatic carbocycles. The molecule has 1 aliphatic heterocycles. The van der Waals surface area contributed by atoms with Crippen LogP contribution >= 0.6 is 0 Å². The first kappa shape index (κ1) is 14.5. The van der Waals surface area contributed by atoms with Crippen LogP contribution in [-0.4, -0.2) is 27.8 Å². The minimum atomic E-state index is 0.0981. The fourth-order valence-corrected chi connectivity index (χ4v) is 2.97. The Balaban J connectivity index is 1.89. The summed E-state index contributed by atoms with van der Waals surface area (Å²) in [5, 5.41) is 3.68. The number of ether oxygens (including phenoxy) is 1. The lowest BCUT2D eigenvalue weighted by Gasteiger charge is -2.40. The van der Waals surface area contributed by atoms with Gasteiger partial charge < -0.3 is 14.6 Å². The van der Waals surface area contributed by atoms with Crippen LogP contribution in [0.2, 0.25) is 0 Å². The maximum Gasteiger partial charge on any atom is 0.0948 e. The Kier molecular flexibility index (Phi) is 4.99. The molecule has 1 unspecified atom stereocenters. The molecule has 0 bridgehead atoms. The predicted octanol–water partition coefficient (Wildman–Crippen LogP) is 2.73. The minimum absolute atomic E-state index is 0.0981. The van der Waals surface area contributed by atoms with Gasteiger partial charge in [-0.1, -0.05) is 13.8 Å². The Hall–Kier alpha value is -0.870. The van der Waals surface area contributed by atoms with E-state index >= 15 is 0 Å². The predicted molar refractivity (Wildman–Crippen MR) is 77.0 cm³/mol.